The molecule has 0 aliphatic carbocycles. The number of aliphatic imine (C=N–C) groups is 1. The van der Waals surface area contributed by atoms with Crippen LogP contribution in [0.5, 0.6) is 0 Å². The van der Waals surface area contributed by atoms with Crippen molar-refractivity contribution in [3.05, 3.63) is 65.2 Å². The Kier molecular flexibility index (Phi) is 10.2. The number of para-hydroxylation sites is 1. The minimum absolute atomic E-state index is 0. The maximum Gasteiger partial charge on any atom is 0.252 e. The lowest BCUT2D eigenvalue weighted by Gasteiger charge is -2.20. The van der Waals surface area contributed by atoms with Crippen LogP contribution < -0.4 is 20.9 Å². The predicted octanol–water partition coefficient (Wildman–Crippen LogP) is 3.52. The summed E-state index contributed by atoms with van der Waals surface area (Å²) in [6, 6.07) is 17.8. The van der Waals surface area contributed by atoms with E-state index in [1.807, 2.05) is 13.0 Å². The van der Waals surface area contributed by atoms with Crippen molar-refractivity contribution in [1.29, 1.82) is 0 Å². The number of amides is 1. The minimum atomic E-state index is -0.182. The quantitative estimate of drug-likeness (QED) is 0.217. The largest absolute Gasteiger partial charge is 0.369 e. The van der Waals surface area contributed by atoms with Crippen LogP contribution in [0.1, 0.15) is 23.7 Å². The van der Waals surface area contributed by atoms with E-state index in [0.717, 1.165) is 32.0 Å². The van der Waals surface area contributed by atoms with Gasteiger partial charge in [-0.3, -0.25) is 9.79 Å². The Balaban J connectivity index is 0.00000320. The predicted molar refractivity (Wildman–Crippen MR) is 135 cm³/mol. The molecular weight excluding hydrogens is 513 g/mol. The van der Waals surface area contributed by atoms with E-state index >= 15 is 0 Å². The summed E-state index contributed by atoms with van der Waals surface area (Å²) in [7, 11) is 0. The van der Waals surface area contributed by atoms with Crippen molar-refractivity contribution in [3.8, 4) is 0 Å². The molecule has 1 atom stereocenters. The molecule has 0 saturated carbocycles. The zero-order chi connectivity index (χ0) is 20.5. The lowest BCUT2D eigenvalue weighted by molar-refractivity contribution is 0.0955. The third-order valence-electron chi connectivity index (χ3n) is 4.78. The monoisotopic (exact) mass is 541 g/mol. The first kappa shape index (κ1) is 24.3. The van der Waals surface area contributed by atoms with Crippen molar-refractivity contribution in [3.63, 3.8) is 0 Å². The van der Waals surface area contributed by atoms with Crippen LogP contribution in [-0.4, -0.2) is 50.6 Å². The number of carbonyl (C=O) groups is 1. The van der Waals surface area contributed by atoms with Crippen molar-refractivity contribution >= 4 is 53.1 Å². The Labute approximate surface area is 200 Å². The van der Waals surface area contributed by atoms with Crippen molar-refractivity contribution < 1.29 is 4.79 Å². The van der Waals surface area contributed by atoms with Gasteiger partial charge in [-0.05, 0) is 37.6 Å². The van der Waals surface area contributed by atoms with Gasteiger partial charge < -0.3 is 20.9 Å². The molecule has 162 valence electrons. The number of nitrogens with one attached hydrogen (secondary N) is 3. The average Bonchev–Trinajstić information content (AvgIpc) is 3.20. The highest BCUT2D eigenvalue weighted by Crippen LogP contribution is 2.19. The number of halogens is 2. The average molecular weight is 542 g/mol. The zero-order valence-corrected chi connectivity index (χ0v) is 20.2. The van der Waals surface area contributed by atoms with Gasteiger partial charge in [0.05, 0.1) is 17.1 Å². The molecule has 3 N–H and O–H groups in total. The Bertz CT molecular complexity index is 833. The summed E-state index contributed by atoms with van der Waals surface area (Å²) in [5.41, 5.74) is 1.73. The van der Waals surface area contributed by atoms with Crippen LogP contribution in [0.25, 0.3) is 0 Å². The normalized spacial score (nSPS) is 16.0. The standard InChI is InChI=1S/C22H28ClN5O.HI/c1-2-24-22(26-14-13-25-21(29)19-10-6-7-11-20(19)23)27-17-12-15-28(16-17)18-8-4-3-5-9-18;/h3-11,17H,2,12-16H2,1H3,(H,25,29)(H2,24,26,27);1H. The maximum atomic E-state index is 12.2. The highest BCUT2D eigenvalue weighted by Gasteiger charge is 2.23. The van der Waals surface area contributed by atoms with Gasteiger partial charge in [-0.15, -0.1) is 24.0 Å². The van der Waals surface area contributed by atoms with E-state index < -0.39 is 0 Å². The summed E-state index contributed by atoms with van der Waals surface area (Å²) in [6.07, 6.45) is 1.06. The van der Waals surface area contributed by atoms with Crippen molar-refractivity contribution in [2.24, 2.45) is 4.99 Å². The highest BCUT2D eigenvalue weighted by molar-refractivity contribution is 14.0. The first-order chi connectivity index (χ1) is 14.2. The third-order valence-corrected chi connectivity index (χ3v) is 5.11. The summed E-state index contributed by atoms with van der Waals surface area (Å²) in [5.74, 6) is 0.595. The Morgan fingerprint density at radius 3 is 2.60 bits per heavy atom. The molecule has 1 unspecified atom stereocenters. The van der Waals surface area contributed by atoms with Gasteiger partial charge in [-0.2, -0.15) is 0 Å². The van der Waals surface area contributed by atoms with E-state index in [2.05, 4.69) is 50.1 Å². The molecule has 0 bridgehead atoms. The number of benzene rings is 2. The maximum absolute atomic E-state index is 12.2. The molecule has 1 fully saturated rings. The molecule has 1 aliphatic heterocycles. The van der Waals surface area contributed by atoms with Crippen LogP contribution in [0.15, 0.2) is 59.6 Å². The van der Waals surface area contributed by atoms with Gasteiger partial charge in [0.25, 0.3) is 5.91 Å². The molecule has 1 saturated heterocycles. The smallest absolute Gasteiger partial charge is 0.252 e. The molecule has 3 rings (SSSR count). The van der Waals surface area contributed by atoms with Crippen LogP contribution in [0.2, 0.25) is 5.02 Å². The summed E-state index contributed by atoms with van der Waals surface area (Å²) >= 11 is 6.06. The van der Waals surface area contributed by atoms with Crippen LogP contribution in [0, 0.1) is 0 Å². The van der Waals surface area contributed by atoms with Crippen molar-refractivity contribution in [2.45, 2.75) is 19.4 Å². The molecular formula is C22H29ClIN5O. The van der Waals surface area contributed by atoms with Crippen LogP contribution in [-0.2, 0) is 0 Å². The Hall–Kier alpha value is -2.00. The molecule has 1 amide bonds. The molecule has 30 heavy (non-hydrogen) atoms. The number of carbonyl (C=O) groups excluding carboxylic acids is 1. The summed E-state index contributed by atoms with van der Waals surface area (Å²) in [6.45, 7) is 5.73. The Morgan fingerprint density at radius 2 is 1.87 bits per heavy atom. The summed E-state index contributed by atoms with van der Waals surface area (Å²) in [4.78, 5) is 19.2. The molecule has 0 aromatic heterocycles. The van der Waals surface area contributed by atoms with E-state index in [9.17, 15) is 4.79 Å². The van der Waals surface area contributed by atoms with E-state index in [1.54, 1.807) is 24.3 Å². The molecule has 8 heteroatoms. The fourth-order valence-electron chi connectivity index (χ4n) is 3.34. The number of hydrogen-bond acceptors (Lipinski definition) is 3. The van der Waals surface area contributed by atoms with Crippen LogP contribution in [0.4, 0.5) is 5.69 Å². The molecule has 2 aromatic rings. The number of nitrogens with zero attached hydrogens (tertiary/aromatic N) is 2. The third kappa shape index (κ3) is 7.05. The van der Waals surface area contributed by atoms with Crippen LogP contribution in [0.3, 0.4) is 0 Å². The van der Waals surface area contributed by atoms with E-state index in [1.165, 1.54) is 5.69 Å². The summed E-state index contributed by atoms with van der Waals surface area (Å²) < 4.78 is 0. The van der Waals surface area contributed by atoms with Crippen molar-refractivity contribution in [1.82, 2.24) is 16.0 Å². The SMILES string of the molecule is CCNC(=NCCNC(=O)c1ccccc1Cl)NC1CCN(c2ccccc2)C1.I. The highest BCUT2D eigenvalue weighted by atomic mass is 127. The molecule has 1 heterocycles. The fraction of sp³-hybridized carbons (Fsp3) is 0.364. The van der Waals surface area contributed by atoms with E-state index in [-0.39, 0.29) is 29.9 Å². The van der Waals surface area contributed by atoms with Gasteiger partial charge >= 0.3 is 0 Å². The number of anilines is 1. The van der Waals surface area contributed by atoms with E-state index in [4.69, 9.17) is 11.6 Å². The van der Waals surface area contributed by atoms with Gasteiger partial charge in [0.1, 0.15) is 0 Å². The van der Waals surface area contributed by atoms with E-state index in [0.29, 0.717) is 29.7 Å². The molecule has 1 aliphatic rings. The van der Waals surface area contributed by atoms with Gasteiger partial charge in [0.15, 0.2) is 5.96 Å². The van der Waals surface area contributed by atoms with Crippen LogP contribution >= 0.6 is 35.6 Å². The van der Waals surface area contributed by atoms with Gasteiger partial charge in [-0.1, -0.05) is 41.9 Å². The zero-order valence-electron chi connectivity index (χ0n) is 17.1. The molecule has 2 aromatic carbocycles. The molecule has 0 spiro atoms. The van der Waals surface area contributed by atoms with Gasteiger partial charge in [-0.25, -0.2) is 0 Å². The lowest BCUT2D eigenvalue weighted by atomic mass is 10.2. The van der Waals surface area contributed by atoms with Gasteiger partial charge in [0.2, 0.25) is 0 Å². The first-order valence-corrected chi connectivity index (χ1v) is 10.4. The van der Waals surface area contributed by atoms with Gasteiger partial charge in [0, 0.05) is 37.9 Å². The topological polar surface area (TPSA) is 68.8 Å². The second kappa shape index (κ2) is 12.6. The number of guanidine groups is 1. The molecule has 0 radical (unpaired) electrons. The minimum Gasteiger partial charge on any atom is -0.369 e. The number of hydrogen-bond donors (Lipinski definition) is 3. The second-order valence-electron chi connectivity index (χ2n) is 6.91. The number of rotatable bonds is 7. The van der Waals surface area contributed by atoms with Crippen molar-refractivity contribution in [2.75, 3.05) is 37.6 Å². The lowest BCUT2D eigenvalue weighted by Crippen LogP contribution is -2.45. The first-order valence-electron chi connectivity index (χ1n) is 10.0. The Morgan fingerprint density at radius 1 is 1.13 bits per heavy atom. The second-order valence-corrected chi connectivity index (χ2v) is 7.32. The molecule has 6 nitrogen and oxygen atoms in total. The summed E-state index contributed by atoms with van der Waals surface area (Å²) in [5, 5.41) is 10.1. The fourth-order valence-corrected chi connectivity index (χ4v) is 3.56.